The molecule has 1 aromatic carbocycles. The zero-order valence-corrected chi connectivity index (χ0v) is 16.5. The minimum atomic E-state index is -0.607. The second kappa shape index (κ2) is 7.82. The minimum Gasteiger partial charge on any atom is -0.444 e. The van der Waals surface area contributed by atoms with Gasteiger partial charge in [0.25, 0.3) is 0 Å². The van der Waals surface area contributed by atoms with E-state index in [0.717, 1.165) is 5.56 Å². The Labute approximate surface area is 157 Å². The molecule has 0 fully saturated rings. The van der Waals surface area contributed by atoms with Crippen LogP contribution < -0.4 is 15.7 Å². The molecule has 1 N–H and O–H groups in total. The predicted octanol–water partition coefficient (Wildman–Crippen LogP) is 3.54. The van der Waals surface area contributed by atoms with Gasteiger partial charge in [-0.2, -0.15) is 0 Å². The molecular formula is C20H25NO6. The molecule has 0 bridgehead atoms. The lowest BCUT2D eigenvalue weighted by atomic mass is 10.0. The average Bonchev–Trinajstić information content (AvgIpc) is 2.50. The molecule has 0 saturated heterocycles. The van der Waals surface area contributed by atoms with Crippen LogP contribution in [0.25, 0.3) is 11.0 Å². The number of esters is 1. The van der Waals surface area contributed by atoms with E-state index in [-0.39, 0.29) is 13.0 Å². The summed E-state index contributed by atoms with van der Waals surface area (Å²) in [5, 5.41) is 3.10. The van der Waals surface area contributed by atoms with Gasteiger partial charge in [0, 0.05) is 12.1 Å². The highest BCUT2D eigenvalue weighted by atomic mass is 16.6. The lowest BCUT2D eigenvalue weighted by molar-refractivity contribution is -0.134. The molecule has 0 radical (unpaired) electrons. The Hall–Kier alpha value is -2.83. The molecule has 7 nitrogen and oxygen atoms in total. The fraction of sp³-hybridized carbons (Fsp3) is 0.450. The fourth-order valence-corrected chi connectivity index (χ4v) is 2.52. The largest absolute Gasteiger partial charge is 0.444 e. The summed E-state index contributed by atoms with van der Waals surface area (Å²) in [5.41, 5.74) is 1.32. The Bertz CT molecular complexity index is 936. The van der Waals surface area contributed by atoms with Gasteiger partial charge >= 0.3 is 17.7 Å². The van der Waals surface area contributed by atoms with Gasteiger partial charge < -0.3 is 19.2 Å². The second-order valence-electron chi connectivity index (χ2n) is 7.43. The molecule has 27 heavy (non-hydrogen) atoms. The lowest BCUT2D eigenvalue weighted by Crippen LogP contribution is -2.34. The number of carbonyl (C=O) groups excluding carboxylic acids is 2. The predicted molar refractivity (Wildman–Crippen MR) is 101 cm³/mol. The molecular weight excluding hydrogens is 350 g/mol. The van der Waals surface area contributed by atoms with Gasteiger partial charge in [0.1, 0.15) is 16.9 Å². The molecule has 0 aliphatic heterocycles. The van der Waals surface area contributed by atoms with Crippen molar-refractivity contribution in [1.82, 2.24) is 5.32 Å². The number of hydrogen-bond acceptors (Lipinski definition) is 6. The highest BCUT2D eigenvalue weighted by Gasteiger charge is 2.18. The summed E-state index contributed by atoms with van der Waals surface area (Å²) < 4.78 is 15.9. The van der Waals surface area contributed by atoms with Gasteiger partial charge in [-0.05, 0) is 64.8 Å². The number of hydrogen-bond donors (Lipinski definition) is 1. The first-order chi connectivity index (χ1) is 12.5. The van der Waals surface area contributed by atoms with Gasteiger partial charge in [-0.1, -0.05) is 0 Å². The molecule has 0 saturated carbocycles. The maximum Gasteiger partial charge on any atom is 0.407 e. The van der Waals surface area contributed by atoms with Crippen LogP contribution in [0.4, 0.5) is 4.79 Å². The van der Waals surface area contributed by atoms with Crippen LogP contribution in [0.15, 0.2) is 21.3 Å². The van der Waals surface area contributed by atoms with Crippen LogP contribution in [0, 0.1) is 20.8 Å². The first-order valence-electron chi connectivity index (χ1n) is 8.70. The Balaban J connectivity index is 2.12. The molecule has 2 rings (SSSR count). The van der Waals surface area contributed by atoms with E-state index in [4.69, 9.17) is 13.9 Å². The summed E-state index contributed by atoms with van der Waals surface area (Å²) >= 11 is 0. The van der Waals surface area contributed by atoms with Crippen LogP contribution in [0.2, 0.25) is 0 Å². The maximum absolute atomic E-state index is 12.2. The van der Waals surface area contributed by atoms with Crippen molar-refractivity contribution in [3.8, 4) is 5.75 Å². The van der Waals surface area contributed by atoms with E-state index in [9.17, 15) is 14.4 Å². The quantitative estimate of drug-likeness (QED) is 0.499. The Morgan fingerprint density at radius 3 is 2.41 bits per heavy atom. The van der Waals surface area contributed by atoms with Crippen LogP contribution in [0.1, 0.15) is 43.9 Å². The van der Waals surface area contributed by atoms with Crippen LogP contribution in [-0.2, 0) is 9.53 Å². The van der Waals surface area contributed by atoms with Crippen LogP contribution in [-0.4, -0.2) is 24.2 Å². The normalized spacial score (nSPS) is 11.3. The number of rotatable bonds is 4. The van der Waals surface area contributed by atoms with Crippen molar-refractivity contribution in [2.24, 2.45) is 0 Å². The minimum absolute atomic E-state index is 0.0243. The van der Waals surface area contributed by atoms with E-state index < -0.39 is 23.3 Å². The number of carbonyl (C=O) groups is 2. The number of amides is 1. The monoisotopic (exact) mass is 375 g/mol. The third-order valence-electron chi connectivity index (χ3n) is 3.88. The molecule has 1 heterocycles. The Morgan fingerprint density at radius 1 is 1.11 bits per heavy atom. The average molecular weight is 375 g/mol. The van der Waals surface area contributed by atoms with E-state index in [1.54, 1.807) is 46.8 Å². The number of nitrogens with one attached hydrogen (secondary N) is 1. The van der Waals surface area contributed by atoms with E-state index in [1.807, 2.05) is 6.92 Å². The van der Waals surface area contributed by atoms with Gasteiger partial charge in [-0.25, -0.2) is 9.59 Å². The van der Waals surface area contributed by atoms with Crippen molar-refractivity contribution in [2.45, 2.75) is 53.6 Å². The highest BCUT2D eigenvalue weighted by molar-refractivity contribution is 5.90. The highest BCUT2D eigenvalue weighted by Crippen LogP contribution is 2.31. The van der Waals surface area contributed by atoms with E-state index >= 15 is 0 Å². The van der Waals surface area contributed by atoms with Gasteiger partial charge in [0.15, 0.2) is 0 Å². The third-order valence-corrected chi connectivity index (χ3v) is 3.88. The number of alkyl carbamates (subject to hydrolysis) is 1. The molecule has 1 amide bonds. The summed E-state index contributed by atoms with van der Waals surface area (Å²) in [6, 6.07) is 3.44. The summed E-state index contributed by atoms with van der Waals surface area (Å²) in [7, 11) is 0. The van der Waals surface area contributed by atoms with Crippen molar-refractivity contribution >= 4 is 23.0 Å². The molecule has 0 aliphatic carbocycles. The van der Waals surface area contributed by atoms with Crippen LogP contribution in [0.3, 0.4) is 0 Å². The molecule has 0 spiro atoms. The van der Waals surface area contributed by atoms with Crippen molar-refractivity contribution < 1.29 is 23.5 Å². The number of aryl methyl sites for hydroxylation is 2. The van der Waals surface area contributed by atoms with E-state index in [0.29, 0.717) is 27.8 Å². The van der Waals surface area contributed by atoms with Gasteiger partial charge in [-0.15, -0.1) is 0 Å². The summed E-state index contributed by atoms with van der Waals surface area (Å²) in [4.78, 5) is 35.7. The molecule has 0 atom stereocenters. The van der Waals surface area contributed by atoms with Crippen LogP contribution in [0.5, 0.6) is 5.75 Å². The van der Waals surface area contributed by atoms with Crippen molar-refractivity contribution in [1.29, 1.82) is 0 Å². The Morgan fingerprint density at radius 2 is 1.78 bits per heavy atom. The Kier molecular flexibility index (Phi) is 5.93. The van der Waals surface area contributed by atoms with E-state index in [2.05, 4.69) is 5.32 Å². The zero-order valence-electron chi connectivity index (χ0n) is 16.5. The fourth-order valence-electron chi connectivity index (χ4n) is 2.52. The molecule has 1 aromatic heterocycles. The van der Waals surface area contributed by atoms with Crippen molar-refractivity contribution in [3.05, 3.63) is 39.2 Å². The van der Waals surface area contributed by atoms with Gasteiger partial charge in [-0.3, -0.25) is 4.79 Å². The van der Waals surface area contributed by atoms with Gasteiger partial charge in [0.05, 0.1) is 11.8 Å². The summed E-state index contributed by atoms with van der Waals surface area (Å²) in [6.45, 7) is 10.6. The molecule has 0 unspecified atom stereocenters. The number of fused-ring (bicyclic) bond motifs is 1. The first-order valence-corrected chi connectivity index (χ1v) is 8.70. The van der Waals surface area contributed by atoms with Crippen molar-refractivity contribution in [2.75, 3.05) is 6.54 Å². The number of benzene rings is 1. The van der Waals surface area contributed by atoms with Crippen molar-refractivity contribution in [3.63, 3.8) is 0 Å². The zero-order chi connectivity index (χ0) is 20.4. The molecule has 146 valence electrons. The maximum atomic E-state index is 12.2. The SMILES string of the molecule is Cc1cc(OC(=O)CCNC(=O)OC(C)(C)C)c2c(C)c(C)c(=O)oc2c1. The molecule has 7 heteroatoms. The van der Waals surface area contributed by atoms with Crippen LogP contribution >= 0.6 is 0 Å². The molecule has 0 aliphatic rings. The van der Waals surface area contributed by atoms with Gasteiger partial charge in [0.2, 0.25) is 0 Å². The molecule has 2 aromatic rings. The first kappa shape index (κ1) is 20.5. The second-order valence-corrected chi connectivity index (χ2v) is 7.43. The summed E-state index contributed by atoms with van der Waals surface area (Å²) in [5.74, 6) is -0.183. The smallest absolute Gasteiger partial charge is 0.407 e. The topological polar surface area (TPSA) is 94.8 Å². The van der Waals surface area contributed by atoms with E-state index in [1.165, 1.54) is 0 Å². The lowest BCUT2D eigenvalue weighted by Gasteiger charge is -2.19. The third kappa shape index (κ3) is 5.32. The standard InChI is InChI=1S/C20H25NO6/c1-11-9-14(17-12(2)13(3)18(23)26-15(17)10-11)25-16(22)7-8-21-19(24)27-20(4,5)6/h9-10H,7-8H2,1-6H3,(H,21,24). The summed E-state index contributed by atoms with van der Waals surface area (Å²) in [6.07, 6.45) is -0.617. The number of ether oxygens (including phenoxy) is 2.